The molecule has 1 saturated heterocycles. The Hall–Kier alpha value is -1.10. The molecule has 1 aliphatic rings. The summed E-state index contributed by atoms with van der Waals surface area (Å²) in [6, 6.07) is 0. The number of nitrogens with one attached hydrogen (secondary N) is 1. The summed E-state index contributed by atoms with van der Waals surface area (Å²) >= 11 is 0. The lowest BCUT2D eigenvalue weighted by Gasteiger charge is -2.38. The lowest BCUT2D eigenvalue weighted by molar-refractivity contribution is 0.257. The summed E-state index contributed by atoms with van der Waals surface area (Å²) in [6.45, 7) is 7.13. The fraction of sp³-hybridized carbons (Fsp3) is 0.818. The molecule has 90 valence electrons. The molecule has 5 heteroatoms. The van der Waals surface area contributed by atoms with Gasteiger partial charge in [-0.2, -0.15) is 4.98 Å². The van der Waals surface area contributed by atoms with Gasteiger partial charge in [0.05, 0.1) is 0 Å². The molecule has 0 amide bonds. The highest BCUT2D eigenvalue weighted by atomic mass is 15.4. The molecule has 0 unspecified atom stereocenters. The van der Waals surface area contributed by atoms with E-state index in [2.05, 4.69) is 33.9 Å². The van der Waals surface area contributed by atoms with E-state index in [0.717, 1.165) is 50.7 Å². The minimum absolute atomic E-state index is 0.306. The average Bonchev–Trinajstić information content (AvgIpc) is 2.79. The van der Waals surface area contributed by atoms with Crippen LogP contribution in [0.25, 0.3) is 0 Å². The van der Waals surface area contributed by atoms with Gasteiger partial charge in [0.25, 0.3) is 0 Å². The number of hydrogen-bond acceptors (Lipinski definition) is 4. The smallest absolute Gasteiger partial charge is 0.244 e. The fourth-order valence-corrected chi connectivity index (χ4v) is 2.04. The van der Waals surface area contributed by atoms with Crippen molar-refractivity contribution < 1.29 is 0 Å². The lowest BCUT2D eigenvalue weighted by atomic mass is 9.81. The molecule has 1 fully saturated rings. The summed E-state index contributed by atoms with van der Waals surface area (Å²) in [4.78, 5) is 6.70. The first-order valence-electron chi connectivity index (χ1n) is 6.03. The quantitative estimate of drug-likeness (QED) is 0.799. The molecule has 5 nitrogen and oxygen atoms in total. The summed E-state index contributed by atoms with van der Waals surface area (Å²) in [5, 5.41) is 7.20. The summed E-state index contributed by atoms with van der Waals surface area (Å²) < 4.78 is 0. The van der Waals surface area contributed by atoms with Crippen molar-refractivity contribution in [2.45, 2.75) is 33.1 Å². The number of aryl methyl sites for hydroxylation is 1. The van der Waals surface area contributed by atoms with E-state index >= 15 is 0 Å². The predicted molar refractivity (Wildman–Crippen MR) is 64.4 cm³/mol. The monoisotopic (exact) mass is 223 g/mol. The van der Waals surface area contributed by atoms with Crippen LogP contribution in [0, 0.1) is 5.41 Å². The first-order valence-corrected chi connectivity index (χ1v) is 6.03. The normalized spacial score (nSPS) is 20.1. The van der Waals surface area contributed by atoms with Crippen LogP contribution in [0.2, 0.25) is 0 Å². The van der Waals surface area contributed by atoms with Crippen LogP contribution >= 0.6 is 0 Å². The summed E-state index contributed by atoms with van der Waals surface area (Å²) in [7, 11) is 0. The Morgan fingerprint density at radius 2 is 2.12 bits per heavy atom. The van der Waals surface area contributed by atoms with E-state index in [1.54, 1.807) is 0 Å². The van der Waals surface area contributed by atoms with E-state index in [-0.39, 0.29) is 0 Å². The van der Waals surface area contributed by atoms with Crippen molar-refractivity contribution in [3.8, 4) is 0 Å². The number of rotatable bonds is 3. The van der Waals surface area contributed by atoms with Crippen LogP contribution in [0.1, 0.15) is 32.5 Å². The first-order chi connectivity index (χ1) is 7.67. The van der Waals surface area contributed by atoms with Gasteiger partial charge in [0, 0.05) is 19.5 Å². The van der Waals surface area contributed by atoms with Crippen molar-refractivity contribution in [2.75, 3.05) is 24.5 Å². The largest absolute Gasteiger partial charge is 0.340 e. The number of piperidine rings is 1. The van der Waals surface area contributed by atoms with Crippen molar-refractivity contribution >= 4 is 5.95 Å². The Kier molecular flexibility index (Phi) is 3.14. The molecule has 0 aliphatic carbocycles. The van der Waals surface area contributed by atoms with E-state index in [4.69, 9.17) is 5.73 Å². The van der Waals surface area contributed by atoms with E-state index in [1.165, 1.54) is 0 Å². The van der Waals surface area contributed by atoms with Gasteiger partial charge >= 0.3 is 0 Å². The van der Waals surface area contributed by atoms with Crippen molar-refractivity contribution in [3.05, 3.63) is 5.82 Å². The maximum Gasteiger partial charge on any atom is 0.244 e. The molecule has 3 N–H and O–H groups in total. The van der Waals surface area contributed by atoms with Crippen molar-refractivity contribution in [1.29, 1.82) is 0 Å². The molecule has 0 aromatic carbocycles. The van der Waals surface area contributed by atoms with Gasteiger partial charge in [-0.05, 0) is 24.8 Å². The predicted octanol–water partition coefficient (Wildman–Crippen LogP) is 0.932. The van der Waals surface area contributed by atoms with Gasteiger partial charge < -0.3 is 10.6 Å². The van der Waals surface area contributed by atoms with Crippen molar-refractivity contribution in [3.63, 3.8) is 0 Å². The molecule has 2 rings (SSSR count). The second kappa shape index (κ2) is 4.41. The molecule has 0 bridgehead atoms. The molecule has 0 saturated carbocycles. The first kappa shape index (κ1) is 11.4. The molecule has 0 radical (unpaired) electrons. The third kappa shape index (κ3) is 2.19. The number of hydrogen-bond donors (Lipinski definition) is 2. The third-order valence-electron chi connectivity index (χ3n) is 3.60. The average molecular weight is 223 g/mol. The molecule has 16 heavy (non-hydrogen) atoms. The number of aromatic amines is 1. The Morgan fingerprint density at radius 1 is 1.44 bits per heavy atom. The van der Waals surface area contributed by atoms with E-state index in [9.17, 15) is 0 Å². The highest BCUT2D eigenvalue weighted by Crippen LogP contribution is 2.30. The van der Waals surface area contributed by atoms with Gasteiger partial charge in [-0.1, -0.05) is 13.8 Å². The van der Waals surface area contributed by atoms with Gasteiger partial charge in [-0.15, -0.1) is 5.10 Å². The molecule has 1 aromatic rings. The number of aromatic nitrogens is 3. The topological polar surface area (TPSA) is 70.8 Å². The van der Waals surface area contributed by atoms with Crippen LogP contribution < -0.4 is 10.6 Å². The second-order valence-corrected chi connectivity index (χ2v) is 4.94. The SMILES string of the molecule is CCc1nc(N2CCC(C)(CN)CC2)n[nH]1. The second-order valence-electron chi connectivity index (χ2n) is 4.94. The van der Waals surface area contributed by atoms with E-state index in [1.807, 2.05) is 0 Å². The maximum atomic E-state index is 5.79. The van der Waals surface area contributed by atoms with Crippen LogP contribution in [-0.4, -0.2) is 34.8 Å². The molecule has 0 atom stereocenters. The summed E-state index contributed by atoms with van der Waals surface area (Å²) in [5.41, 5.74) is 6.10. The zero-order valence-corrected chi connectivity index (χ0v) is 10.2. The minimum atomic E-state index is 0.306. The van der Waals surface area contributed by atoms with Crippen LogP contribution in [0.15, 0.2) is 0 Å². The standard InChI is InChI=1S/C11H21N5/c1-3-9-13-10(15-14-9)16-6-4-11(2,8-12)5-7-16/h3-8,12H2,1-2H3,(H,13,14,15). The number of anilines is 1. The molecule has 1 aliphatic heterocycles. The number of nitrogens with two attached hydrogens (primary N) is 1. The molecule has 0 spiro atoms. The summed E-state index contributed by atoms with van der Waals surface area (Å²) in [5.74, 6) is 1.80. The van der Waals surface area contributed by atoms with Crippen LogP contribution in [-0.2, 0) is 6.42 Å². The Balaban J connectivity index is 1.98. The lowest BCUT2D eigenvalue weighted by Crippen LogP contribution is -2.42. The van der Waals surface area contributed by atoms with E-state index < -0.39 is 0 Å². The molecule has 1 aromatic heterocycles. The highest BCUT2D eigenvalue weighted by molar-refractivity contribution is 5.29. The maximum absolute atomic E-state index is 5.79. The van der Waals surface area contributed by atoms with Crippen LogP contribution in [0.4, 0.5) is 5.95 Å². The minimum Gasteiger partial charge on any atom is -0.340 e. The molecule has 2 heterocycles. The van der Waals surface area contributed by atoms with E-state index in [0.29, 0.717) is 5.41 Å². The molecular formula is C11H21N5. The Bertz CT molecular complexity index is 338. The van der Waals surface area contributed by atoms with Gasteiger partial charge in [0.1, 0.15) is 5.82 Å². The Labute approximate surface area is 96.4 Å². The van der Waals surface area contributed by atoms with Gasteiger partial charge in [0.15, 0.2) is 0 Å². The van der Waals surface area contributed by atoms with Crippen LogP contribution in [0.5, 0.6) is 0 Å². The van der Waals surface area contributed by atoms with Crippen molar-refractivity contribution in [2.24, 2.45) is 11.1 Å². The van der Waals surface area contributed by atoms with Gasteiger partial charge in [-0.3, -0.25) is 5.10 Å². The number of nitrogens with zero attached hydrogens (tertiary/aromatic N) is 3. The van der Waals surface area contributed by atoms with Crippen molar-refractivity contribution in [1.82, 2.24) is 15.2 Å². The third-order valence-corrected chi connectivity index (χ3v) is 3.60. The number of H-pyrrole nitrogens is 1. The van der Waals surface area contributed by atoms with Gasteiger partial charge in [-0.25, -0.2) is 0 Å². The fourth-order valence-electron chi connectivity index (χ4n) is 2.04. The van der Waals surface area contributed by atoms with Crippen LogP contribution in [0.3, 0.4) is 0 Å². The zero-order valence-electron chi connectivity index (χ0n) is 10.2. The van der Waals surface area contributed by atoms with Gasteiger partial charge in [0.2, 0.25) is 5.95 Å². The highest BCUT2D eigenvalue weighted by Gasteiger charge is 2.29. The Morgan fingerprint density at radius 3 is 2.62 bits per heavy atom. The molecular weight excluding hydrogens is 202 g/mol. The summed E-state index contributed by atoms with van der Waals surface area (Å²) in [6.07, 6.45) is 3.15. The zero-order chi connectivity index (χ0) is 11.6.